The first-order valence-electron chi connectivity index (χ1n) is 9.07. The van der Waals surface area contributed by atoms with Crippen molar-refractivity contribution in [3.05, 3.63) is 0 Å². The van der Waals surface area contributed by atoms with Gasteiger partial charge in [0.25, 0.3) is 0 Å². The number of carboxylic acid groups (broad SMARTS) is 2. The number of hydrogen-bond acceptors (Lipinski definition) is 6. The van der Waals surface area contributed by atoms with Crippen LogP contribution < -0.4 is 16.4 Å². The molecule has 1 saturated heterocycles. The summed E-state index contributed by atoms with van der Waals surface area (Å²) in [4.78, 5) is 60.2. The van der Waals surface area contributed by atoms with Crippen molar-refractivity contribution in [2.24, 2.45) is 11.7 Å². The van der Waals surface area contributed by atoms with Crippen molar-refractivity contribution in [1.29, 1.82) is 0 Å². The summed E-state index contributed by atoms with van der Waals surface area (Å²) in [5.41, 5.74) is 5.45. The highest BCUT2D eigenvalue weighted by Gasteiger charge is 2.39. The van der Waals surface area contributed by atoms with Gasteiger partial charge in [-0.3, -0.25) is 19.2 Å². The lowest BCUT2D eigenvalue weighted by molar-refractivity contribution is -0.150. The highest BCUT2D eigenvalue weighted by Crippen LogP contribution is 2.20. The van der Waals surface area contributed by atoms with Gasteiger partial charge in [-0.2, -0.15) is 0 Å². The van der Waals surface area contributed by atoms with Crippen molar-refractivity contribution in [3.8, 4) is 0 Å². The van der Waals surface area contributed by atoms with Crippen LogP contribution in [0.1, 0.15) is 40.0 Å². The van der Waals surface area contributed by atoms with Gasteiger partial charge >= 0.3 is 11.9 Å². The van der Waals surface area contributed by atoms with Gasteiger partial charge in [-0.25, -0.2) is 4.79 Å². The molecule has 1 rings (SSSR count). The van der Waals surface area contributed by atoms with Gasteiger partial charge in [0.1, 0.15) is 18.1 Å². The van der Waals surface area contributed by atoms with Gasteiger partial charge in [0, 0.05) is 6.54 Å². The second kappa shape index (κ2) is 10.0. The molecule has 0 aliphatic carbocycles. The standard InChI is InChI=1S/C17H28N4O7/c1-8(2)13(16(26)21-6-4-5-11(21)17(27)28)20-14(24)9(3)19-15(25)10(18)7-12(22)23/h8-11,13H,4-7,18H2,1-3H3,(H,19,25)(H,20,24)(H,22,23)(H,27,28). The van der Waals surface area contributed by atoms with Gasteiger partial charge in [0.05, 0.1) is 12.5 Å². The Kier molecular flexibility index (Phi) is 8.35. The number of carboxylic acids is 2. The minimum Gasteiger partial charge on any atom is -0.481 e. The van der Waals surface area contributed by atoms with E-state index < -0.39 is 60.2 Å². The summed E-state index contributed by atoms with van der Waals surface area (Å²) in [6.07, 6.45) is 0.335. The molecule has 4 unspecified atom stereocenters. The summed E-state index contributed by atoms with van der Waals surface area (Å²) in [5.74, 6) is -4.61. The van der Waals surface area contributed by atoms with Crippen LogP contribution in [-0.4, -0.2) is 75.5 Å². The lowest BCUT2D eigenvalue weighted by Gasteiger charge is -2.30. The molecular formula is C17H28N4O7. The molecule has 6 N–H and O–H groups in total. The quantitative estimate of drug-likeness (QED) is 0.310. The largest absolute Gasteiger partial charge is 0.481 e. The number of aliphatic carboxylic acids is 2. The van der Waals surface area contributed by atoms with E-state index in [0.717, 1.165) is 0 Å². The number of likely N-dealkylation sites (tertiary alicyclic amines) is 1. The van der Waals surface area contributed by atoms with Crippen molar-refractivity contribution in [2.45, 2.75) is 64.2 Å². The number of amides is 3. The van der Waals surface area contributed by atoms with Crippen LogP contribution >= 0.6 is 0 Å². The molecule has 1 fully saturated rings. The Balaban J connectivity index is 2.76. The molecule has 0 aromatic rings. The number of rotatable bonds is 9. The van der Waals surface area contributed by atoms with Crippen molar-refractivity contribution in [1.82, 2.24) is 15.5 Å². The van der Waals surface area contributed by atoms with Crippen LogP contribution in [0.4, 0.5) is 0 Å². The van der Waals surface area contributed by atoms with Crippen molar-refractivity contribution in [2.75, 3.05) is 6.54 Å². The number of nitrogens with two attached hydrogens (primary N) is 1. The van der Waals surface area contributed by atoms with E-state index in [1.165, 1.54) is 11.8 Å². The smallest absolute Gasteiger partial charge is 0.326 e. The summed E-state index contributed by atoms with van der Waals surface area (Å²) in [6, 6.07) is -4.25. The third-order valence-electron chi connectivity index (χ3n) is 4.53. The van der Waals surface area contributed by atoms with Crippen LogP contribution in [0.25, 0.3) is 0 Å². The van der Waals surface area contributed by atoms with E-state index in [0.29, 0.717) is 19.4 Å². The first-order chi connectivity index (χ1) is 13.0. The average molecular weight is 400 g/mol. The Morgan fingerprint density at radius 2 is 1.68 bits per heavy atom. The molecule has 11 heteroatoms. The third-order valence-corrected chi connectivity index (χ3v) is 4.53. The fourth-order valence-corrected chi connectivity index (χ4v) is 2.92. The predicted octanol–water partition coefficient (Wildman–Crippen LogP) is -1.49. The van der Waals surface area contributed by atoms with E-state index in [4.69, 9.17) is 10.8 Å². The summed E-state index contributed by atoms with van der Waals surface area (Å²) in [5, 5.41) is 22.8. The second-order valence-electron chi connectivity index (χ2n) is 7.19. The highest BCUT2D eigenvalue weighted by molar-refractivity contribution is 5.94. The summed E-state index contributed by atoms with van der Waals surface area (Å²) in [7, 11) is 0. The van der Waals surface area contributed by atoms with Crippen molar-refractivity contribution >= 4 is 29.7 Å². The monoisotopic (exact) mass is 400 g/mol. The first kappa shape index (κ1) is 23.3. The number of carbonyl (C=O) groups excluding carboxylic acids is 3. The fraction of sp³-hybridized carbons (Fsp3) is 0.706. The molecule has 0 aromatic heterocycles. The van der Waals surface area contributed by atoms with Crippen LogP contribution in [0.15, 0.2) is 0 Å². The highest BCUT2D eigenvalue weighted by atomic mass is 16.4. The lowest BCUT2D eigenvalue weighted by atomic mass is 10.0. The van der Waals surface area contributed by atoms with E-state index in [2.05, 4.69) is 10.6 Å². The van der Waals surface area contributed by atoms with Crippen molar-refractivity contribution in [3.63, 3.8) is 0 Å². The third kappa shape index (κ3) is 6.19. The number of hydrogen-bond donors (Lipinski definition) is 5. The Hall–Kier alpha value is -2.69. The summed E-state index contributed by atoms with van der Waals surface area (Å²) >= 11 is 0. The number of nitrogens with one attached hydrogen (secondary N) is 2. The Bertz CT molecular complexity index is 637. The topological polar surface area (TPSA) is 179 Å². The summed E-state index contributed by atoms with van der Waals surface area (Å²) in [6.45, 7) is 5.09. The van der Waals surface area contributed by atoms with Gasteiger partial charge in [-0.15, -0.1) is 0 Å². The second-order valence-corrected chi connectivity index (χ2v) is 7.19. The molecule has 158 valence electrons. The van der Waals surface area contributed by atoms with E-state index in [1.807, 2.05) is 0 Å². The molecule has 0 aromatic carbocycles. The molecular weight excluding hydrogens is 372 g/mol. The van der Waals surface area contributed by atoms with Gasteiger partial charge in [-0.05, 0) is 25.7 Å². The zero-order valence-corrected chi connectivity index (χ0v) is 16.2. The van der Waals surface area contributed by atoms with Crippen LogP contribution in [0.5, 0.6) is 0 Å². The molecule has 28 heavy (non-hydrogen) atoms. The zero-order valence-electron chi connectivity index (χ0n) is 16.2. The molecule has 1 heterocycles. The van der Waals surface area contributed by atoms with Gasteiger partial charge in [0.15, 0.2) is 0 Å². The van der Waals surface area contributed by atoms with E-state index in [1.54, 1.807) is 13.8 Å². The molecule has 11 nitrogen and oxygen atoms in total. The molecule has 3 amide bonds. The zero-order chi connectivity index (χ0) is 21.6. The van der Waals surface area contributed by atoms with E-state index in [9.17, 15) is 29.1 Å². The maximum Gasteiger partial charge on any atom is 0.326 e. The average Bonchev–Trinajstić information content (AvgIpc) is 3.07. The molecule has 0 radical (unpaired) electrons. The Morgan fingerprint density at radius 3 is 2.18 bits per heavy atom. The predicted molar refractivity (Wildman–Crippen MR) is 97.0 cm³/mol. The lowest BCUT2D eigenvalue weighted by Crippen LogP contribution is -2.57. The normalized spacial score (nSPS) is 19.6. The van der Waals surface area contributed by atoms with Gasteiger partial charge in [0.2, 0.25) is 17.7 Å². The molecule has 0 bridgehead atoms. The molecule has 0 saturated carbocycles. The van der Waals surface area contributed by atoms with E-state index in [-0.39, 0.29) is 5.92 Å². The van der Waals surface area contributed by atoms with Crippen LogP contribution in [-0.2, 0) is 24.0 Å². The molecule has 4 atom stereocenters. The SMILES string of the molecule is CC(NC(=O)C(N)CC(=O)O)C(=O)NC(C(=O)N1CCCC1C(=O)O)C(C)C. The minimum atomic E-state index is -1.31. The maximum absolute atomic E-state index is 12.8. The minimum absolute atomic E-state index is 0.297. The Labute approximate surface area is 162 Å². The molecule has 0 spiro atoms. The van der Waals surface area contributed by atoms with Crippen LogP contribution in [0, 0.1) is 5.92 Å². The number of nitrogens with zero attached hydrogens (tertiary/aromatic N) is 1. The van der Waals surface area contributed by atoms with E-state index >= 15 is 0 Å². The van der Waals surface area contributed by atoms with Crippen molar-refractivity contribution < 1.29 is 34.2 Å². The van der Waals surface area contributed by atoms with Crippen LogP contribution in [0.3, 0.4) is 0 Å². The van der Waals surface area contributed by atoms with Gasteiger partial charge in [-0.1, -0.05) is 13.8 Å². The van der Waals surface area contributed by atoms with Gasteiger partial charge < -0.3 is 31.5 Å². The first-order valence-corrected chi connectivity index (χ1v) is 9.07. The molecule has 1 aliphatic rings. The summed E-state index contributed by atoms with van der Waals surface area (Å²) < 4.78 is 0. The fourth-order valence-electron chi connectivity index (χ4n) is 2.92. The maximum atomic E-state index is 12.8. The van der Waals surface area contributed by atoms with Crippen LogP contribution in [0.2, 0.25) is 0 Å². The molecule has 1 aliphatic heterocycles. The Morgan fingerprint density at radius 1 is 1.07 bits per heavy atom. The number of carbonyl (C=O) groups is 5.